The van der Waals surface area contributed by atoms with Gasteiger partial charge in [0.15, 0.2) is 0 Å². The van der Waals surface area contributed by atoms with Crippen molar-refractivity contribution in [1.29, 1.82) is 0 Å². The smallest absolute Gasteiger partial charge is 0.257 e. The van der Waals surface area contributed by atoms with Crippen molar-refractivity contribution in [2.24, 2.45) is 5.92 Å². The fourth-order valence-electron chi connectivity index (χ4n) is 4.02. The number of para-hydroxylation sites is 1. The number of amides is 1. The van der Waals surface area contributed by atoms with Gasteiger partial charge in [-0.1, -0.05) is 31.9 Å². The van der Waals surface area contributed by atoms with E-state index in [1.807, 2.05) is 29.2 Å². The van der Waals surface area contributed by atoms with Crippen LogP contribution in [-0.4, -0.2) is 55.0 Å². The molecule has 1 amide bonds. The second-order valence-electron chi connectivity index (χ2n) is 6.95. The lowest BCUT2D eigenvalue weighted by molar-refractivity contribution is 0.0486. The molecule has 4 nitrogen and oxygen atoms in total. The minimum Gasteiger partial charge on any atom is -0.496 e. The van der Waals surface area contributed by atoms with Crippen LogP contribution >= 0.6 is 0 Å². The van der Waals surface area contributed by atoms with Crippen LogP contribution in [0.5, 0.6) is 5.75 Å². The van der Waals surface area contributed by atoms with Crippen molar-refractivity contribution in [3.05, 3.63) is 29.8 Å². The maximum Gasteiger partial charge on any atom is 0.257 e. The molecule has 3 rings (SSSR count). The van der Waals surface area contributed by atoms with E-state index in [0.717, 1.165) is 38.1 Å². The Bertz CT molecular complexity index is 538. The predicted octanol–water partition coefficient (Wildman–Crippen LogP) is 3.03. The summed E-state index contributed by atoms with van der Waals surface area (Å²) in [6.07, 6.45) is 5.38. The SMILES string of the molecule is COc1ccccc1C(=O)N1CCN(C2CCCC(C)C2)CC1. The average Bonchev–Trinajstić information content (AvgIpc) is 2.61. The molecule has 1 saturated carbocycles. The number of hydrogen-bond acceptors (Lipinski definition) is 3. The highest BCUT2D eigenvalue weighted by Crippen LogP contribution is 2.28. The molecular weight excluding hydrogens is 288 g/mol. The Morgan fingerprint density at radius 1 is 1.13 bits per heavy atom. The zero-order valence-electron chi connectivity index (χ0n) is 14.3. The van der Waals surface area contributed by atoms with Crippen LogP contribution < -0.4 is 4.74 Å². The van der Waals surface area contributed by atoms with Crippen molar-refractivity contribution < 1.29 is 9.53 Å². The maximum atomic E-state index is 12.7. The van der Waals surface area contributed by atoms with E-state index in [9.17, 15) is 4.79 Å². The molecule has 2 unspecified atom stereocenters. The molecule has 4 heteroatoms. The van der Waals surface area contributed by atoms with Gasteiger partial charge in [0.25, 0.3) is 5.91 Å². The first-order valence-corrected chi connectivity index (χ1v) is 8.85. The standard InChI is InChI=1S/C19H28N2O2/c1-15-6-5-7-16(14-15)20-10-12-21(13-11-20)19(22)17-8-3-4-9-18(17)23-2/h3-4,8-9,15-16H,5-7,10-14H2,1-2H3. The van der Waals surface area contributed by atoms with Crippen LogP contribution in [0.15, 0.2) is 24.3 Å². The van der Waals surface area contributed by atoms with Crippen molar-refractivity contribution >= 4 is 5.91 Å². The predicted molar refractivity (Wildman–Crippen MR) is 91.9 cm³/mol. The van der Waals surface area contributed by atoms with Crippen molar-refractivity contribution in [2.45, 2.75) is 38.6 Å². The number of piperazine rings is 1. The third kappa shape index (κ3) is 3.69. The molecule has 0 N–H and O–H groups in total. The van der Waals surface area contributed by atoms with Gasteiger partial charge < -0.3 is 9.64 Å². The highest BCUT2D eigenvalue weighted by molar-refractivity contribution is 5.97. The van der Waals surface area contributed by atoms with E-state index in [1.165, 1.54) is 25.7 Å². The van der Waals surface area contributed by atoms with Gasteiger partial charge in [0.05, 0.1) is 12.7 Å². The molecule has 0 aromatic heterocycles. The van der Waals surface area contributed by atoms with Gasteiger partial charge in [0, 0.05) is 32.2 Å². The summed E-state index contributed by atoms with van der Waals surface area (Å²) in [5.41, 5.74) is 0.676. The zero-order chi connectivity index (χ0) is 16.2. The third-order valence-electron chi connectivity index (χ3n) is 5.36. The second-order valence-corrected chi connectivity index (χ2v) is 6.95. The molecule has 1 saturated heterocycles. The number of hydrogen-bond donors (Lipinski definition) is 0. The lowest BCUT2D eigenvalue weighted by Gasteiger charge is -2.42. The highest BCUT2D eigenvalue weighted by Gasteiger charge is 2.29. The van der Waals surface area contributed by atoms with Crippen molar-refractivity contribution in [3.8, 4) is 5.75 Å². The number of carbonyl (C=O) groups excluding carboxylic acids is 1. The molecule has 1 heterocycles. The van der Waals surface area contributed by atoms with Crippen molar-refractivity contribution in [3.63, 3.8) is 0 Å². The van der Waals surface area contributed by atoms with Crippen LogP contribution in [-0.2, 0) is 0 Å². The summed E-state index contributed by atoms with van der Waals surface area (Å²) in [7, 11) is 1.62. The number of carbonyl (C=O) groups is 1. The highest BCUT2D eigenvalue weighted by atomic mass is 16.5. The minimum atomic E-state index is 0.0964. The summed E-state index contributed by atoms with van der Waals surface area (Å²) < 4.78 is 5.33. The minimum absolute atomic E-state index is 0.0964. The monoisotopic (exact) mass is 316 g/mol. The molecule has 2 atom stereocenters. The molecular formula is C19H28N2O2. The topological polar surface area (TPSA) is 32.8 Å². The molecule has 0 bridgehead atoms. The van der Waals surface area contributed by atoms with E-state index in [4.69, 9.17) is 4.74 Å². The number of benzene rings is 1. The number of nitrogens with zero attached hydrogens (tertiary/aromatic N) is 2. The quantitative estimate of drug-likeness (QED) is 0.859. The molecule has 1 aromatic carbocycles. The van der Waals surface area contributed by atoms with Crippen LogP contribution in [0.1, 0.15) is 43.0 Å². The third-order valence-corrected chi connectivity index (χ3v) is 5.36. The van der Waals surface area contributed by atoms with Crippen LogP contribution in [0.25, 0.3) is 0 Å². The molecule has 2 aliphatic rings. The van der Waals surface area contributed by atoms with Crippen LogP contribution in [0.3, 0.4) is 0 Å². The van der Waals surface area contributed by atoms with Gasteiger partial charge in [-0.2, -0.15) is 0 Å². The lowest BCUT2D eigenvalue weighted by atomic mass is 9.86. The van der Waals surface area contributed by atoms with Gasteiger partial charge in [-0.3, -0.25) is 9.69 Å². The van der Waals surface area contributed by atoms with Gasteiger partial charge in [0.2, 0.25) is 0 Å². The van der Waals surface area contributed by atoms with E-state index in [2.05, 4.69) is 11.8 Å². The summed E-state index contributed by atoms with van der Waals surface area (Å²) in [6.45, 7) is 6.01. The maximum absolute atomic E-state index is 12.7. The van der Waals surface area contributed by atoms with Gasteiger partial charge >= 0.3 is 0 Å². The van der Waals surface area contributed by atoms with Crippen molar-refractivity contribution in [2.75, 3.05) is 33.3 Å². The van der Waals surface area contributed by atoms with E-state index >= 15 is 0 Å². The van der Waals surface area contributed by atoms with Crippen LogP contribution in [0, 0.1) is 5.92 Å². The average molecular weight is 316 g/mol. The van der Waals surface area contributed by atoms with E-state index in [0.29, 0.717) is 11.3 Å². The molecule has 1 aromatic rings. The zero-order valence-corrected chi connectivity index (χ0v) is 14.3. The Morgan fingerprint density at radius 3 is 2.57 bits per heavy atom. The molecule has 2 fully saturated rings. The van der Waals surface area contributed by atoms with Gasteiger partial charge in [-0.05, 0) is 30.9 Å². The Morgan fingerprint density at radius 2 is 1.87 bits per heavy atom. The molecule has 1 aliphatic carbocycles. The Balaban J connectivity index is 1.59. The molecule has 1 aliphatic heterocycles. The number of rotatable bonds is 3. The first-order valence-electron chi connectivity index (χ1n) is 8.85. The molecule has 0 radical (unpaired) electrons. The molecule has 126 valence electrons. The number of ether oxygens (including phenoxy) is 1. The second kappa shape index (κ2) is 7.35. The summed E-state index contributed by atoms with van der Waals surface area (Å²) >= 11 is 0. The fourth-order valence-corrected chi connectivity index (χ4v) is 4.02. The largest absolute Gasteiger partial charge is 0.496 e. The van der Waals surface area contributed by atoms with E-state index in [-0.39, 0.29) is 5.91 Å². The number of methoxy groups -OCH3 is 1. The summed E-state index contributed by atoms with van der Waals surface area (Å²) in [6, 6.07) is 8.23. The van der Waals surface area contributed by atoms with E-state index in [1.54, 1.807) is 7.11 Å². The molecule has 0 spiro atoms. The van der Waals surface area contributed by atoms with Gasteiger partial charge in [-0.25, -0.2) is 0 Å². The molecule has 23 heavy (non-hydrogen) atoms. The normalized spacial score (nSPS) is 26.1. The van der Waals surface area contributed by atoms with Gasteiger partial charge in [-0.15, -0.1) is 0 Å². The Hall–Kier alpha value is -1.55. The van der Waals surface area contributed by atoms with Gasteiger partial charge in [0.1, 0.15) is 5.75 Å². The van der Waals surface area contributed by atoms with Crippen LogP contribution in [0.4, 0.5) is 0 Å². The summed E-state index contributed by atoms with van der Waals surface area (Å²) in [5.74, 6) is 1.61. The van der Waals surface area contributed by atoms with E-state index < -0.39 is 0 Å². The Kier molecular flexibility index (Phi) is 5.21. The van der Waals surface area contributed by atoms with Crippen molar-refractivity contribution in [1.82, 2.24) is 9.80 Å². The van der Waals surface area contributed by atoms with Crippen LogP contribution in [0.2, 0.25) is 0 Å². The fraction of sp³-hybridized carbons (Fsp3) is 0.632. The first-order chi connectivity index (χ1) is 11.2. The summed E-state index contributed by atoms with van der Waals surface area (Å²) in [4.78, 5) is 17.3. The Labute approximate surface area is 139 Å². The summed E-state index contributed by atoms with van der Waals surface area (Å²) in [5, 5.41) is 0. The lowest BCUT2D eigenvalue weighted by Crippen LogP contribution is -2.52. The first kappa shape index (κ1) is 16.3.